The van der Waals surface area contributed by atoms with Crippen LogP contribution in [0.1, 0.15) is 48.8 Å². The maximum absolute atomic E-state index is 14.4. The molecule has 2 heterocycles. The minimum Gasteiger partial charge on any atom is -0.496 e. The molecule has 0 saturated carbocycles. The average Bonchev–Trinajstić information content (AvgIpc) is 3.68. The van der Waals surface area contributed by atoms with Crippen LogP contribution in [0.4, 0.5) is 5.69 Å². The fraction of sp³-hybridized carbons (Fsp3) is 0.474. The summed E-state index contributed by atoms with van der Waals surface area (Å²) in [5.74, 6) is 0.213. The Morgan fingerprint density at radius 3 is 2.48 bits per heavy atom. The molecule has 10 nitrogen and oxygen atoms in total. The lowest BCUT2D eigenvalue weighted by atomic mass is 9.83. The van der Waals surface area contributed by atoms with Crippen molar-refractivity contribution in [3.8, 4) is 23.0 Å². The van der Waals surface area contributed by atoms with Gasteiger partial charge in [-0.2, -0.15) is 0 Å². The van der Waals surface area contributed by atoms with E-state index in [9.17, 15) is 14.7 Å². The number of ether oxygens (including phenoxy) is 4. The molecule has 2 aliphatic rings. The van der Waals surface area contributed by atoms with Crippen LogP contribution in [0, 0.1) is 5.92 Å². The topological polar surface area (TPSA) is 97.8 Å². The first-order valence-corrected chi connectivity index (χ1v) is 16.8. The largest absolute Gasteiger partial charge is 0.496 e. The molecule has 1 unspecified atom stereocenters. The molecule has 1 fully saturated rings. The predicted molar refractivity (Wildman–Crippen MR) is 185 cm³/mol. The van der Waals surface area contributed by atoms with Crippen molar-refractivity contribution >= 4 is 17.6 Å². The molecule has 0 radical (unpaired) electrons. The van der Waals surface area contributed by atoms with Crippen molar-refractivity contribution in [2.45, 2.75) is 51.1 Å². The number of nitrogens with zero attached hydrogens (tertiary/aromatic N) is 3. The molecule has 1 N–H and O–H groups in total. The number of hydrogen-bond acceptors (Lipinski definition) is 7. The molecule has 0 spiro atoms. The van der Waals surface area contributed by atoms with E-state index in [0.29, 0.717) is 43.2 Å². The van der Waals surface area contributed by atoms with E-state index in [1.54, 1.807) is 14.2 Å². The van der Waals surface area contributed by atoms with E-state index >= 15 is 0 Å². The van der Waals surface area contributed by atoms with Gasteiger partial charge in [0.05, 0.1) is 47.8 Å². The average molecular weight is 661 g/mol. The molecule has 1 saturated heterocycles. The number of rotatable bonds is 15. The van der Waals surface area contributed by atoms with E-state index in [1.165, 1.54) is 0 Å². The summed E-state index contributed by atoms with van der Waals surface area (Å²) in [6.45, 7) is 4.11. The molecule has 258 valence electrons. The second kappa shape index (κ2) is 15.3. The number of para-hydroxylation sites is 1. The Hall–Kier alpha value is -4.28. The number of quaternary nitrogens is 1. The lowest BCUT2D eigenvalue weighted by molar-refractivity contribution is -0.884. The molecule has 0 bridgehead atoms. The zero-order valence-electron chi connectivity index (χ0n) is 29.1. The van der Waals surface area contributed by atoms with E-state index in [4.69, 9.17) is 18.9 Å². The number of likely N-dealkylation sites (tertiary alicyclic amines) is 1. The molecule has 3 aromatic rings. The van der Waals surface area contributed by atoms with Crippen LogP contribution >= 0.6 is 0 Å². The Kier molecular flexibility index (Phi) is 11.2. The first-order valence-electron chi connectivity index (χ1n) is 16.8. The van der Waals surface area contributed by atoms with Crippen molar-refractivity contribution in [1.29, 1.82) is 0 Å². The summed E-state index contributed by atoms with van der Waals surface area (Å²) in [5.41, 5.74) is 3.82. The van der Waals surface area contributed by atoms with Crippen LogP contribution in [0.15, 0.2) is 60.7 Å². The molecule has 3 atom stereocenters. The highest BCUT2D eigenvalue weighted by Gasteiger charge is 2.47. The third kappa shape index (κ3) is 8.05. The van der Waals surface area contributed by atoms with Crippen molar-refractivity contribution in [3.05, 3.63) is 77.4 Å². The highest BCUT2D eigenvalue weighted by molar-refractivity contribution is 5.95. The number of methoxy groups -OCH3 is 2. The molecule has 10 heteroatoms. The van der Waals surface area contributed by atoms with Gasteiger partial charge in [0.25, 0.3) is 0 Å². The molecule has 2 aliphatic heterocycles. The minimum absolute atomic E-state index is 0.0406. The van der Waals surface area contributed by atoms with Gasteiger partial charge in [-0.25, -0.2) is 0 Å². The fourth-order valence-electron chi connectivity index (χ4n) is 7.11. The van der Waals surface area contributed by atoms with Gasteiger partial charge in [0.1, 0.15) is 12.3 Å². The summed E-state index contributed by atoms with van der Waals surface area (Å²) in [6, 6.07) is 19.3. The zero-order valence-corrected chi connectivity index (χ0v) is 29.1. The number of hydrogen-bond donors (Lipinski definition) is 1. The summed E-state index contributed by atoms with van der Waals surface area (Å²) in [5, 5.41) is 10.8. The van der Waals surface area contributed by atoms with Gasteiger partial charge in [0.2, 0.25) is 18.4 Å². The lowest BCUT2D eigenvalue weighted by Crippen LogP contribution is -2.44. The van der Waals surface area contributed by atoms with Gasteiger partial charge in [-0.05, 0) is 60.7 Å². The first kappa shape index (κ1) is 35.0. The SMILES string of the molecule is CCCCN(C(=O)CN1C[C@H](c2cc(OC)c3c(c2)OCO3)C(C(=O)O)[C@@H]1CCc1ccccc1OC)c1cccc(C[N+](C)(C)C)c1. The molecule has 3 aromatic carbocycles. The third-order valence-electron chi connectivity index (χ3n) is 9.30. The molecule has 1 amide bonds. The zero-order chi connectivity index (χ0) is 34.4. The van der Waals surface area contributed by atoms with Crippen molar-refractivity contribution in [2.24, 2.45) is 5.92 Å². The summed E-state index contributed by atoms with van der Waals surface area (Å²) in [6.07, 6.45) is 2.95. The number of anilines is 1. The summed E-state index contributed by atoms with van der Waals surface area (Å²) >= 11 is 0. The van der Waals surface area contributed by atoms with Gasteiger partial charge >= 0.3 is 5.97 Å². The predicted octanol–water partition coefficient (Wildman–Crippen LogP) is 5.57. The second-order valence-corrected chi connectivity index (χ2v) is 13.8. The Bertz CT molecular complexity index is 1590. The van der Waals surface area contributed by atoms with Gasteiger partial charge < -0.3 is 33.4 Å². The molecule has 0 aliphatic carbocycles. The smallest absolute Gasteiger partial charge is 0.308 e. The molecule has 5 rings (SSSR count). The second-order valence-electron chi connectivity index (χ2n) is 13.8. The first-order chi connectivity index (χ1) is 23.0. The maximum Gasteiger partial charge on any atom is 0.308 e. The fourth-order valence-corrected chi connectivity index (χ4v) is 7.11. The van der Waals surface area contributed by atoms with Crippen molar-refractivity contribution < 1.29 is 38.1 Å². The van der Waals surface area contributed by atoms with E-state index in [0.717, 1.165) is 52.0 Å². The Morgan fingerprint density at radius 2 is 1.77 bits per heavy atom. The van der Waals surface area contributed by atoms with Crippen LogP contribution in [0.25, 0.3) is 0 Å². The number of fused-ring (bicyclic) bond motifs is 1. The van der Waals surface area contributed by atoms with Gasteiger partial charge in [0, 0.05) is 36.3 Å². The standard InChI is InChI=1S/C38H49N3O7/c1-7-8-18-40(29-14-11-12-26(19-29)24-41(2,3)4)35(42)23-39-22-30(28-20-33(46-6)37-34(21-28)47-25-48-37)36(38(43)44)31(39)17-16-27-13-9-10-15-32(27)45-5/h9-15,19-21,30-31,36H,7-8,16-18,22-25H2,1-6H3/p+1/t30-,31+,36?/m1/s1. The van der Waals surface area contributed by atoms with Crippen LogP contribution in [-0.4, -0.2) is 94.2 Å². The Balaban J connectivity index is 1.49. The van der Waals surface area contributed by atoms with Crippen molar-refractivity contribution in [1.82, 2.24) is 4.90 Å². The number of carboxylic acid groups (broad SMARTS) is 1. The molecular formula is C38H50N3O7+. The number of aryl methyl sites for hydroxylation is 1. The summed E-state index contributed by atoms with van der Waals surface area (Å²) < 4.78 is 23.3. The normalized spacial score (nSPS) is 18.9. The number of carbonyl (C=O) groups excluding carboxylic acids is 1. The quantitative estimate of drug-likeness (QED) is 0.211. The van der Waals surface area contributed by atoms with Crippen LogP contribution in [0.3, 0.4) is 0 Å². The van der Waals surface area contributed by atoms with E-state index in [-0.39, 0.29) is 19.2 Å². The summed E-state index contributed by atoms with van der Waals surface area (Å²) in [4.78, 5) is 31.5. The van der Waals surface area contributed by atoms with Gasteiger partial charge in [-0.1, -0.05) is 43.7 Å². The number of carboxylic acids is 1. The van der Waals surface area contributed by atoms with Crippen LogP contribution in [0.2, 0.25) is 0 Å². The highest BCUT2D eigenvalue weighted by atomic mass is 16.7. The van der Waals surface area contributed by atoms with Gasteiger partial charge in [-0.3, -0.25) is 14.5 Å². The van der Waals surface area contributed by atoms with E-state index in [1.807, 2.05) is 53.4 Å². The minimum atomic E-state index is -0.896. The monoisotopic (exact) mass is 660 g/mol. The van der Waals surface area contributed by atoms with Crippen LogP contribution in [-0.2, 0) is 22.6 Å². The Morgan fingerprint density at radius 1 is 1.00 bits per heavy atom. The number of aliphatic carboxylic acids is 1. The Labute approximate surface area is 284 Å². The van der Waals surface area contributed by atoms with Crippen molar-refractivity contribution in [3.63, 3.8) is 0 Å². The lowest BCUT2D eigenvalue weighted by Gasteiger charge is -2.30. The van der Waals surface area contributed by atoms with Crippen LogP contribution in [0.5, 0.6) is 23.0 Å². The molecular weight excluding hydrogens is 610 g/mol. The number of amides is 1. The molecule has 48 heavy (non-hydrogen) atoms. The third-order valence-corrected chi connectivity index (χ3v) is 9.30. The van der Waals surface area contributed by atoms with Crippen molar-refractivity contribution in [2.75, 3.05) is 66.7 Å². The summed E-state index contributed by atoms with van der Waals surface area (Å²) in [7, 11) is 9.65. The van der Waals surface area contributed by atoms with Gasteiger partial charge in [-0.15, -0.1) is 0 Å². The van der Waals surface area contributed by atoms with Crippen LogP contribution < -0.4 is 23.8 Å². The number of carbonyl (C=O) groups is 2. The highest BCUT2D eigenvalue weighted by Crippen LogP contribution is 2.47. The van der Waals surface area contributed by atoms with Gasteiger partial charge in [0.15, 0.2) is 11.5 Å². The van der Waals surface area contributed by atoms with E-state index in [2.05, 4.69) is 45.1 Å². The number of unbranched alkanes of at least 4 members (excludes halogenated alkanes) is 1. The maximum atomic E-state index is 14.4. The van der Waals surface area contributed by atoms with E-state index < -0.39 is 23.8 Å². The molecule has 0 aromatic heterocycles. The number of benzene rings is 3.